The van der Waals surface area contributed by atoms with Gasteiger partial charge in [0.1, 0.15) is 97.7 Å². The van der Waals surface area contributed by atoms with Crippen molar-refractivity contribution in [2.45, 2.75) is 260 Å². The third kappa shape index (κ3) is 22.2. The van der Waals surface area contributed by atoms with Gasteiger partial charge in [-0.15, -0.1) is 0 Å². The molecule has 6 aliphatic rings. The first kappa shape index (κ1) is 83.9. The maximum atomic E-state index is 13.9. The van der Waals surface area contributed by atoms with Gasteiger partial charge in [-0.3, -0.25) is 4.79 Å². The van der Waals surface area contributed by atoms with Crippen LogP contribution in [0, 0.1) is 0 Å². The van der Waals surface area contributed by atoms with Gasteiger partial charge in [-0.05, 0) is 86.1 Å². The Hall–Kier alpha value is -7.61. The summed E-state index contributed by atoms with van der Waals surface area (Å²) >= 11 is 0. The first-order chi connectivity index (χ1) is 56.0. The van der Waals surface area contributed by atoms with Crippen LogP contribution in [0.15, 0.2) is 243 Å². The van der Waals surface area contributed by atoms with Crippen molar-refractivity contribution in [1.29, 1.82) is 0 Å². The zero-order valence-corrected chi connectivity index (χ0v) is 66.2. The zero-order chi connectivity index (χ0) is 79.6. The molecular weight excluding hydrogens is 1470 g/mol. The molecule has 115 heavy (non-hydrogen) atoms. The number of rotatable bonds is 34. The summed E-state index contributed by atoms with van der Waals surface area (Å²) in [4.78, 5) is 13.1. The average Bonchev–Trinajstić information content (AvgIpc) is 0.758. The van der Waals surface area contributed by atoms with E-state index in [0.29, 0.717) is 0 Å². The van der Waals surface area contributed by atoms with Crippen LogP contribution in [0.3, 0.4) is 0 Å². The molecule has 6 fully saturated rings. The fourth-order valence-corrected chi connectivity index (χ4v) is 15.8. The Kier molecular flexibility index (Phi) is 29.7. The second-order valence-electron chi connectivity index (χ2n) is 30.8. The van der Waals surface area contributed by atoms with Crippen molar-refractivity contribution < 1.29 is 105 Å². The summed E-state index contributed by atoms with van der Waals surface area (Å²) in [7, 11) is 0. The normalized spacial score (nSPS) is 32.7. The number of aliphatic hydroxyl groups is 2. The highest BCUT2D eigenvalue weighted by atomic mass is 16.8. The Morgan fingerprint density at radius 1 is 0.357 bits per heavy atom. The third-order valence-corrected chi connectivity index (χ3v) is 21.7. The Balaban J connectivity index is 0.854. The van der Waals surface area contributed by atoms with Crippen LogP contribution in [0.5, 0.6) is 0 Å². The fourth-order valence-electron chi connectivity index (χ4n) is 15.8. The lowest BCUT2D eigenvalue weighted by Crippen LogP contribution is -2.70. The molecule has 0 saturated carbocycles. The lowest BCUT2D eigenvalue weighted by molar-refractivity contribution is -0.407. The lowest BCUT2D eigenvalue weighted by Gasteiger charge is -2.53. The molecule has 0 spiro atoms. The number of aliphatic hydroxyl groups excluding tert-OH is 2. The second kappa shape index (κ2) is 40.7. The Bertz CT molecular complexity index is 4160. The van der Waals surface area contributed by atoms with Gasteiger partial charge >= 0.3 is 0 Å². The molecule has 14 rings (SSSR count). The molecule has 23 nitrogen and oxygen atoms in total. The van der Waals surface area contributed by atoms with E-state index in [1.165, 1.54) is 6.92 Å². The maximum Gasteiger partial charge on any atom is 0.217 e. The van der Waals surface area contributed by atoms with Crippen molar-refractivity contribution in [3.8, 4) is 0 Å². The lowest BCUT2D eigenvalue weighted by atomic mass is 9.91. The molecular formula is C92H109NO22. The molecule has 6 heterocycles. The van der Waals surface area contributed by atoms with Crippen molar-refractivity contribution in [3.63, 3.8) is 0 Å². The molecule has 0 aromatic heterocycles. The molecule has 6 aliphatic heterocycles. The monoisotopic (exact) mass is 1580 g/mol. The minimum atomic E-state index is -1.75. The van der Waals surface area contributed by atoms with Crippen molar-refractivity contribution in [1.82, 2.24) is 5.32 Å². The number of carbonyl (C=O) groups is 1. The van der Waals surface area contributed by atoms with E-state index in [9.17, 15) is 15.0 Å². The summed E-state index contributed by atoms with van der Waals surface area (Å²) in [6.45, 7) is 13.5. The summed E-state index contributed by atoms with van der Waals surface area (Å²) in [5, 5.41) is 30.4. The van der Waals surface area contributed by atoms with Crippen LogP contribution < -0.4 is 5.32 Å². The molecule has 8 aromatic rings. The van der Waals surface area contributed by atoms with Gasteiger partial charge in [0.2, 0.25) is 5.91 Å². The van der Waals surface area contributed by atoms with E-state index in [1.54, 1.807) is 13.8 Å². The Morgan fingerprint density at radius 3 is 1.04 bits per heavy atom. The van der Waals surface area contributed by atoms with Gasteiger partial charge in [0.15, 0.2) is 30.9 Å². The smallest absolute Gasteiger partial charge is 0.217 e. The quantitative estimate of drug-likeness (QED) is 0.0339. The largest absolute Gasteiger partial charge is 0.385 e. The van der Waals surface area contributed by atoms with Crippen molar-refractivity contribution in [3.05, 3.63) is 287 Å². The fraction of sp³-hybridized carbons (Fsp3) is 0.467. The number of hydrogen-bond acceptors (Lipinski definition) is 22. The van der Waals surface area contributed by atoms with Gasteiger partial charge in [-0.2, -0.15) is 0 Å². The van der Waals surface area contributed by atoms with Crippen LogP contribution >= 0.6 is 0 Å². The zero-order valence-electron chi connectivity index (χ0n) is 66.2. The number of carbonyl (C=O) groups excluding carboxylic acids is 1. The van der Waals surface area contributed by atoms with Crippen LogP contribution in [-0.2, 0) is 148 Å². The van der Waals surface area contributed by atoms with Crippen molar-refractivity contribution in [2.75, 3.05) is 13.2 Å². The molecule has 10 unspecified atom stereocenters. The predicted octanol–water partition coefficient (Wildman–Crippen LogP) is 12.0. The average molecular weight is 1580 g/mol. The molecule has 6 saturated heterocycles. The van der Waals surface area contributed by atoms with Gasteiger partial charge in [0.05, 0.1) is 96.5 Å². The van der Waals surface area contributed by atoms with E-state index in [2.05, 4.69) is 5.32 Å². The van der Waals surface area contributed by atoms with Gasteiger partial charge in [0.25, 0.3) is 0 Å². The SMILES string of the molecule is CC(=O)NC1[C@H](C)OC2COC(C)(C)O[C@H]2[C@@H]1O[C@@H]1OC(C)[C@H](OCc2ccccc2)[C@H](O[C@@H]2OC(C)[C@H](OCc3ccccc3)[C@H](OCc3ccccc3)C2O[C@@H]2OC(C)[C@H](OCc3ccccc3)[C@H](O[C@H]3O[C@@H](COCc4ccccc4)[C@@H](OCc4ccccc4)C(OCc4ccccc4)C3OCc3ccccc3)C2O)C1O. The second-order valence-corrected chi connectivity index (χ2v) is 30.8. The molecule has 614 valence electrons. The molecule has 3 N–H and O–H groups in total. The van der Waals surface area contributed by atoms with Crippen molar-refractivity contribution in [2.24, 2.45) is 0 Å². The molecule has 23 heteroatoms. The minimum absolute atomic E-state index is 0.0116. The van der Waals surface area contributed by atoms with Crippen LogP contribution in [0.4, 0.5) is 0 Å². The summed E-state index contributed by atoms with van der Waals surface area (Å²) in [5.41, 5.74) is 7.02. The van der Waals surface area contributed by atoms with E-state index >= 15 is 0 Å². The number of amides is 1. The van der Waals surface area contributed by atoms with Crippen LogP contribution in [-0.4, -0.2) is 188 Å². The molecule has 1 amide bonds. The number of nitrogens with one attached hydrogen (secondary N) is 1. The maximum absolute atomic E-state index is 13.9. The van der Waals surface area contributed by atoms with E-state index in [4.69, 9.17) is 90.0 Å². The Morgan fingerprint density at radius 2 is 0.661 bits per heavy atom. The Labute approximate surface area is 673 Å². The molecule has 8 aromatic carbocycles. The molecule has 25 atom stereocenters. The van der Waals surface area contributed by atoms with E-state index in [-0.39, 0.29) is 72.0 Å². The number of hydrogen-bond donors (Lipinski definition) is 3. The van der Waals surface area contributed by atoms with Crippen LogP contribution in [0.2, 0.25) is 0 Å². The standard InChI is InChI=1S/C92H109NO22/c1-58-73(93-62(5)94)81(80-72(106-58)57-105-92(6,7)115-80)111-88-74(95)83(77(59(2)107-88)99-50-65-36-20-10-21-37-65)113-91-87(84(102-53-68-42-26-13-27-43-68)78(61(4)109-91)100-51-66-38-22-11-23-39-66)114-89-75(96)82(76(60(3)108-89)98-49-64-34-18-9-19-35-64)112-90-86(104-55-70-46-30-15-31-47-70)85(103-54-69-44-28-14-29-45-69)79(101-52-67-40-24-12-25-41-67)71(110-90)56-97-48-63-32-16-8-17-33-63/h8-47,58-61,71-91,95-96H,48-57H2,1-7H3,(H,93,94)/t58-,59?,60?,61?,71-,72?,73?,74?,75?,76-,77-,78-,79+,80+,81+,82+,83+,84-,85?,86?,87?,88-,89-,90+,91-/m0/s1. The van der Waals surface area contributed by atoms with Gasteiger partial charge < -0.3 is 106 Å². The number of fused-ring (bicyclic) bond motifs is 1. The summed E-state index contributed by atoms with van der Waals surface area (Å²) in [6, 6.07) is 77.4. The van der Waals surface area contributed by atoms with Crippen molar-refractivity contribution >= 4 is 5.91 Å². The first-order valence-electron chi connectivity index (χ1n) is 40.1. The number of benzene rings is 8. The third-order valence-electron chi connectivity index (χ3n) is 21.7. The number of ether oxygens (including phenoxy) is 19. The summed E-state index contributed by atoms with van der Waals surface area (Å²) < 4.78 is 134. The van der Waals surface area contributed by atoms with E-state index < -0.39 is 159 Å². The van der Waals surface area contributed by atoms with E-state index in [0.717, 1.165) is 44.5 Å². The topological polar surface area (TPSA) is 245 Å². The molecule has 0 bridgehead atoms. The first-order valence-corrected chi connectivity index (χ1v) is 40.1. The molecule has 0 aliphatic carbocycles. The predicted molar refractivity (Wildman–Crippen MR) is 421 cm³/mol. The van der Waals surface area contributed by atoms with Crippen LogP contribution in [0.1, 0.15) is 93.0 Å². The van der Waals surface area contributed by atoms with Gasteiger partial charge in [0, 0.05) is 6.92 Å². The van der Waals surface area contributed by atoms with E-state index in [1.807, 2.05) is 270 Å². The van der Waals surface area contributed by atoms with Gasteiger partial charge in [-0.25, -0.2) is 0 Å². The molecule has 0 radical (unpaired) electrons. The summed E-state index contributed by atoms with van der Waals surface area (Å²) in [6.07, 6.45) is -27.0. The highest BCUT2D eigenvalue weighted by Gasteiger charge is 2.59. The van der Waals surface area contributed by atoms with Gasteiger partial charge in [-0.1, -0.05) is 243 Å². The van der Waals surface area contributed by atoms with Crippen LogP contribution in [0.25, 0.3) is 0 Å². The summed E-state index contributed by atoms with van der Waals surface area (Å²) in [5.74, 6) is -1.42. The highest BCUT2D eigenvalue weighted by molar-refractivity contribution is 5.73. The highest BCUT2D eigenvalue weighted by Crippen LogP contribution is 2.42. The minimum Gasteiger partial charge on any atom is -0.385 e.